The van der Waals surface area contributed by atoms with Crippen LogP contribution in [0.5, 0.6) is 0 Å². The van der Waals surface area contributed by atoms with Gasteiger partial charge in [0.25, 0.3) is 0 Å². The third-order valence-corrected chi connectivity index (χ3v) is 3.35. The molecule has 132 valence electrons. The van der Waals surface area contributed by atoms with Gasteiger partial charge in [-0.15, -0.1) is 0 Å². The Balaban J connectivity index is 3.57. The van der Waals surface area contributed by atoms with Gasteiger partial charge in [0.15, 0.2) is 0 Å². The minimum absolute atomic E-state index is 0.936. The molecule has 0 bridgehead atoms. The van der Waals surface area contributed by atoms with Gasteiger partial charge >= 0.3 is 5.97 Å². The first-order valence-corrected chi connectivity index (χ1v) is 9.00. The first-order chi connectivity index (χ1) is 11.8. The number of rotatable bonds is 14. The number of hydrogen-bond acceptors (Lipinski definition) is 1. The highest BCUT2D eigenvalue weighted by Gasteiger charge is 1.88. The van der Waals surface area contributed by atoms with E-state index in [1.54, 1.807) is 12.2 Å². The minimum atomic E-state index is -0.936. The summed E-state index contributed by atoms with van der Waals surface area (Å²) >= 11 is 0. The van der Waals surface area contributed by atoms with Crippen molar-refractivity contribution in [1.29, 1.82) is 0 Å². The molecule has 0 unspecified atom stereocenters. The summed E-state index contributed by atoms with van der Waals surface area (Å²) in [6, 6.07) is 0. The van der Waals surface area contributed by atoms with Crippen molar-refractivity contribution in [2.24, 2.45) is 0 Å². The van der Waals surface area contributed by atoms with E-state index in [4.69, 9.17) is 5.11 Å². The van der Waals surface area contributed by atoms with Crippen LogP contribution in [0.2, 0.25) is 0 Å². The second-order valence-electron chi connectivity index (χ2n) is 5.58. The first-order valence-electron chi connectivity index (χ1n) is 9.00. The molecule has 0 radical (unpaired) electrons. The second-order valence-corrected chi connectivity index (χ2v) is 5.58. The third-order valence-electron chi connectivity index (χ3n) is 3.35. The van der Waals surface area contributed by atoms with Gasteiger partial charge in [0, 0.05) is 6.08 Å². The minimum Gasteiger partial charge on any atom is -0.478 e. The Kier molecular flexibility index (Phi) is 17.3. The molecule has 2 heteroatoms. The van der Waals surface area contributed by atoms with Gasteiger partial charge in [-0.2, -0.15) is 0 Å². The van der Waals surface area contributed by atoms with Crippen LogP contribution in [-0.2, 0) is 4.79 Å². The molecule has 24 heavy (non-hydrogen) atoms. The molecule has 0 fully saturated rings. The van der Waals surface area contributed by atoms with E-state index in [0.717, 1.165) is 12.5 Å². The van der Waals surface area contributed by atoms with Gasteiger partial charge in [0.2, 0.25) is 0 Å². The smallest absolute Gasteiger partial charge is 0.328 e. The average molecular weight is 330 g/mol. The molecule has 0 atom stereocenters. The van der Waals surface area contributed by atoms with Gasteiger partial charge in [-0.1, -0.05) is 112 Å². The van der Waals surface area contributed by atoms with Crippen molar-refractivity contribution >= 4 is 5.97 Å². The van der Waals surface area contributed by atoms with Gasteiger partial charge in [-0.25, -0.2) is 4.79 Å². The molecule has 0 spiro atoms. The molecule has 0 aliphatic heterocycles. The van der Waals surface area contributed by atoms with E-state index >= 15 is 0 Å². The highest BCUT2D eigenvalue weighted by molar-refractivity contribution is 5.80. The summed E-state index contributed by atoms with van der Waals surface area (Å²) in [4.78, 5) is 10.2. The molecule has 0 aromatic rings. The quantitative estimate of drug-likeness (QED) is 0.223. The lowest BCUT2D eigenvalue weighted by Gasteiger charge is -1.98. The van der Waals surface area contributed by atoms with E-state index < -0.39 is 5.97 Å². The van der Waals surface area contributed by atoms with E-state index in [1.165, 1.54) is 51.0 Å². The topological polar surface area (TPSA) is 37.3 Å². The number of carboxylic acid groups (broad SMARTS) is 1. The van der Waals surface area contributed by atoms with E-state index in [-0.39, 0.29) is 0 Å². The van der Waals surface area contributed by atoms with Gasteiger partial charge < -0.3 is 5.11 Å². The molecule has 0 heterocycles. The number of allylic oxidation sites excluding steroid dienone is 11. The highest BCUT2D eigenvalue weighted by Crippen LogP contribution is 2.08. The lowest BCUT2D eigenvalue weighted by Crippen LogP contribution is -1.84. The third kappa shape index (κ3) is 19.9. The Hall–Kier alpha value is -2.09. The molecule has 0 saturated carbocycles. The second kappa shape index (κ2) is 19.0. The summed E-state index contributed by atoms with van der Waals surface area (Å²) in [6.45, 7) is 2.25. The zero-order chi connectivity index (χ0) is 17.7. The van der Waals surface area contributed by atoms with Crippen LogP contribution < -0.4 is 0 Å². The van der Waals surface area contributed by atoms with Crippen LogP contribution in [0.25, 0.3) is 0 Å². The van der Waals surface area contributed by atoms with E-state index in [2.05, 4.69) is 19.1 Å². The molecule has 0 aromatic carbocycles. The molecule has 0 amide bonds. The summed E-state index contributed by atoms with van der Waals surface area (Å²) in [6.07, 6.45) is 32.7. The maximum atomic E-state index is 10.2. The summed E-state index contributed by atoms with van der Waals surface area (Å²) in [7, 11) is 0. The standard InChI is InChI=1S/C22H32O2/c1-2-3-4-5-6-7-8-9-10-11-12-13-14-15-16-17-18-19-20-21-22(23)24/h10-21H,2-9H2,1H3,(H,23,24)/i22+2. The van der Waals surface area contributed by atoms with Crippen LogP contribution in [0.4, 0.5) is 0 Å². The van der Waals surface area contributed by atoms with E-state index in [9.17, 15) is 4.79 Å². The Morgan fingerprint density at radius 2 is 1.12 bits per heavy atom. The predicted molar refractivity (Wildman–Crippen MR) is 105 cm³/mol. The van der Waals surface area contributed by atoms with Gasteiger partial charge in [0.05, 0.1) is 0 Å². The monoisotopic (exact) mass is 330 g/mol. The van der Waals surface area contributed by atoms with Crippen molar-refractivity contribution in [3.8, 4) is 0 Å². The molecule has 0 aromatic heterocycles. The number of carboxylic acids is 1. The summed E-state index contributed by atoms with van der Waals surface area (Å²) in [5.41, 5.74) is 0. The van der Waals surface area contributed by atoms with Gasteiger partial charge in [-0.05, 0) is 12.8 Å². The zero-order valence-corrected chi connectivity index (χ0v) is 14.9. The molecular formula is C22H32O2. The fourth-order valence-electron chi connectivity index (χ4n) is 2.05. The van der Waals surface area contributed by atoms with Crippen molar-refractivity contribution in [2.45, 2.75) is 58.3 Å². The largest absolute Gasteiger partial charge is 0.478 e. The van der Waals surface area contributed by atoms with Crippen LogP contribution in [0.1, 0.15) is 58.3 Å². The van der Waals surface area contributed by atoms with Crippen molar-refractivity contribution in [1.82, 2.24) is 0 Å². The van der Waals surface area contributed by atoms with E-state index in [0.29, 0.717) is 0 Å². The lowest BCUT2D eigenvalue weighted by molar-refractivity contribution is -0.131. The normalized spacial score (nSPS) is 13.0. The molecule has 0 aliphatic carbocycles. The zero-order valence-electron chi connectivity index (χ0n) is 14.9. The fraction of sp³-hybridized carbons (Fsp3) is 0.409. The molecule has 0 saturated heterocycles. The number of carbonyl (C=O) groups is 1. The number of aliphatic carboxylic acids is 1. The number of unbranched alkanes of at least 4 members (excludes halogenated alkanes) is 7. The first kappa shape index (κ1) is 21.9. The highest BCUT2D eigenvalue weighted by atomic mass is 16.6. The average Bonchev–Trinajstić information content (AvgIpc) is 2.56. The predicted octanol–water partition coefficient (Wildman–Crippen LogP) is 6.55. The molecule has 0 rings (SSSR count). The van der Waals surface area contributed by atoms with Crippen LogP contribution in [0, 0.1) is 0 Å². The van der Waals surface area contributed by atoms with Crippen LogP contribution in [0.15, 0.2) is 72.9 Å². The van der Waals surface area contributed by atoms with Crippen LogP contribution in [0.3, 0.4) is 0 Å². The molecule has 2 nitrogen and oxygen atoms in total. The van der Waals surface area contributed by atoms with Gasteiger partial charge in [-0.3, -0.25) is 0 Å². The van der Waals surface area contributed by atoms with Crippen LogP contribution in [-0.4, -0.2) is 11.1 Å². The lowest BCUT2D eigenvalue weighted by atomic mass is 10.1. The van der Waals surface area contributed by atoms with Crippen molar-refractivity contribution in [3.63, 3.8) is 0 Å². The van der Waals surface area contributed by atoms with E-state index in [1.807, 2.05) is 36.5 Å². The van der Waals surface area contributed by atoms with Crippen molar-refractivity contribution in [3.05, 3.63) is 72.9 Å². The Labute approximate surface area is 147 Å². The molecule has 0 aliphatic rings. The van der Waals surface area contributed by atoms with Crippen molar-refractivity contribution < 1.29 is 9.90 Å². The Bertz CT molecular complexity index is 462. The molecule has 1 N–H and O–H groups in total. The van der Waals surface area contributed by atoms with Crippen LogP contribution >= 0.6 is 0 Å². The van der Waals surface area contributed by atoms with Crippen molar-refractivity contribution in [2.75, 3.05) is 0 Å². The maximum Gasteiger partial charge on any atom is 0.328 e. The SMILES string of the molecule is CCCCCCCCCC=CC=CC=CC=CC=CC=C[14C](=O)O. The Morgan fingerprint density at radius 1 is 0.667 bits per heavy atom. The summed E-state index contributed by atoms with van der Waals surface area (Å²) in [5.74, 6) is -0.936. The fourth-order valence-corrected chi connectivity index (χ4v) is 2.05. The summed E-state index contributed by atoms with van der Waals surface area (Å²) in [5, 5.41) is 8.39. The summed E-state index contributed by atoms with van der Waals surface area (Å²) < 4.78 is 0. The Morgan fingerprint density at radius 3 is 1.67 bits per heavy atom. The van der Waals surface area contributed by atoms with Gasteiger partial charge in [0.1, 0.15) is 0 Å². The maximum absolute atomic E-state index is 10.2. The number of hydrogen-bond donors (Lipinski definition) is 1. The molecular weight excluding hydrogens is 298 g/mol.